The van der Waals surface area contributed by atoms with Gasteiger partial charge in [0.05, 0.1) is 11.2 Å². The quantitative estimate of drug-likeness (QED) is 0.566. The van der Waals surface area contributed by atoms with Gasteiger partial charge in [-0.15, -0.1) is 0 Å². The molecule has 1 aliphatic carbocycles. The summed E-state index contributed by atoms with van der Waals surface area (Å²) in [5, 5.41) is 4.78. The largest absolute Gasteiger partial charge is 0.366 e. The Kier molecular flexibility index (Phi) is 4.09. The smallest absolute Gasteiger partial charge is 0.236 e. The lowest BCUT2D eigenvalue weighted by molar-refractivity contribution is 0.659. The van der Waals surface area contributed by atoms with Gasteiger partial charge in [-0.2, -0.15) is 4.98 Å². The lowest BCUT2D eigenvalue weighted by Crippen LogP contribution is -2.15. The first-order valence-electron chi connectivity index (χ1n) is 9.62. The second kappa shape index (κ2) is 6.88. The predicted octanol–water partition coefficient (Wildman–Crippen LogP) is 4.91. The van der Waals surface area contributed by atoms with Crippen molar-refractivity contribution in [2.24, 2.45) is 0 Å². The van der Waals surface area contributed by atoms with Crippen LogP contribution in [0.15, 0.2) is 66.9 Å². The van der Waals surface area contributed by atoms with E-state index in [4.69, 9.17) is 9.97 Å². The minimum absolute atomic E-state index is 0.757. The molecule has 0 saturated heterocycles. The van der Waals surface area contributed by atoms with Crippen LogP contribution in [0.2, 0.25) is 0 Å². The van der Waals surface area contributed by atoms with Crippen molar-refractivity contribution in [3.8, 4) is 5.95 Å². The Morgan fingerprint density at radius 1 is 0.852 bits per heavy atom. The molecule has 134 valence electrons. The average molecular weight is 354 g/mol. The van der Waals surface area contributed by atoms with E-state index in [2.05, 4.69) is 70.7 Å². The maximum absolute atomic E-state index is 4.93. The Morgan fingerprint density at radius 3 is 2.59 bits per heavy atom. The van der Waals surface area contributed by atoms with E-state index in [0.29, 0.717) is 0 Å². The van der Waals surface area contributed by atoms with E-state index < -0.39 is 0 Å². The monoisotopic (exact) mass is 354 g/mol. The van der Waals surface area contributed by atoms with Crippen molar-refractivity contribution >= 4 is 16.7 Å². The summed E-state index contributed by atoms with van der Waals surface area (Å²) < 4.78 is 2.10. The topological polar surface area (TPSA) is 42.7 Å². The molecule has 0 radical (unpaired) electrons. The van der Waals surface area contributed by atoms with Crippen molar-refractivity contribution in [2.45, 2.75) is 32.2 Å². The van der Waals surface area contributed by atoms with E-state index in [1.54, 1.807) is 0 Å². The number of hydrogen-bond acceptors (Lipinski definition) is 3. The fraction of sp³-hybridized carbons (Fsp3) is 0.217. The molecule has 4 aromatic rings. The Labute approximate surface area is 158 Å². The van der Waals surface area contributed by atoms with Gasteiger partial charge in [0.15, 0.2) is 0 Å². The molecular weight excluding hydrogens is 332 g/mol. The molecule has 0 atom stereocenters. The Hall–Kier alpha value is -3.14. The molecule has 27 heavy (non-hydrogen) atoms. The van der Waals surface area contributed by atoms with Crippen LogP contribution in [0.25, 0.3) is 16.9 Å². The number of benzene rings is 2. The predicted molar refractivity (Wildman–Crippen MR) is 109 cm³/mol. The van der Waals surface area contributed by atoms with Crippen molar-refractivity contribution in [1.82, 2.24) is 14.5 Å². The highest BCUT2D eigenvalue weighted by atomic mass is 15.2. The van der Waals surface area contributed by atoms with E-state index >= 15 is 0 Å². The summed E-state index contributed by atoms with van der Waals surface area (Å²) >= 11 is 0. The number of hydrogen-bond donors (Lipinski definition) is 1. The van der Waals surface area contributed by atoms with Crippen LogP contribution in [0.3, 0.4) is 0 Å². The molecule has 1 aliphatic rings. The Balaban J connectivity index is 1.56. The molecule has 0 unspecified atom stereocenters. The lowest BCUT2D eigenvalue weighted by Gasteiger charge is -2.20. The van der Waals surface area contributed by atoms with E-state index in [0.717, 1.165) is 36.7 Å². The summed E-state index contributed by atoms with van der Waals surface area (Å²) in [4.78, 5) is 9.87. The molecule has 1 N–H and O–H groups in total. The van der Waals surface area contributed by atoms with Crippen molar-refractivity contribution in [3.05, 3.63) is 83.7 Å². The molecular formula is C23H22N4. The molecule has 2 aromatic carbocycles. The highest BCUT2D eigenvalue weighted by Crippen LogP contribution is 2.28. The van der Waals surface area contributed by atoms with E-state index in [1.165, 1.54) is 35.0 Å². The molecule has 0 aliphatic heterocycles. The van der Waals surface area contributed by atoms with E-state index in [-0.39, 0.29) is 0 Å². The summed E-state index contributed by atoms with van der Waals surface area (Å²) in [7, 11) is 0. The first-order valence-corrected chi connectivity index (χ1v) is 9.62. The highest BCUT2D eigenvalue weighted by molar-refractivity contribution is 5.81. The van der Waals surface area contributed by atoms with Crippen LogP contribution in [0, 0.1) is 0 Å². The molecule has 4 heteroatoms. The first kappa shape index (κ1) is 16.1. The number of anilines is 1. The van der Waals surface area contributed by atoms with Gasteiger partial charge in [-0.05, 0) is 43.4 Å². The number of nitrogens with one attached hydrogen (secondary N) is 1. The number of para-hydroxylation sites is 1. The number of aryl methyl sites for hydroxylation is 1. The second-order valence-corrected chi connectivity index (χ2v) is 7.09. The van der Waals surface area contributed by atoms with Crippen LogP contribution >= 0.6 is 0 Å². The zero-order valence-electron chi connectivity index (χ0n) is 15.2. The van der Waals surface area contributed by atoms with Crippen LogP contribution in [0.4, 0.5) is 5.82 Å². The average Bonchev–Trinajstić information content (AvgIpc) is 3.17. The van der Waals surface area contributed by atoms with Gasteiger partial charge >= 0.3 is 0 Å². The van der Waals surface area contributed by atoms with Crippen LogP contribution in [0.1, 0.15) is 29.7 Å². The number of fused-ring (bicyclic) bond motifs is 2. The summed E-state index contributed by atoms with van der Waals surface area (Å²) in [5.41, 5.74) is 4.88. The third-order valence-electron chi connectivity index (χ3n) is 5.29. The standard InChI is InChI=1S/C23H22N4/c1-2-8-17(9-3-1)16-24-22-19-11-5-6-12-20(19)25-23(26-22)27-15-14-18-10-4-7-13-21(18)27/h1-4,7-10,13-15H,5-6,11-12,16H2,(H,24,25,26). The fourth-order valence-electron chi connectivity index (χ4n) is 3.87. The SMILES string of the molecule is c1ccc(CNc2nc(-n3ccc4ccccc43)nc3c2CCCC3)cc1. The van der Waals surface area contributed by atoms with Gasteiger partial charge in [0.25, 0.3) is 0 Å². The molecule has 0 spiro atoms. The number of rotatable bonds is 4. The van der Waals surface area contributed by atoms with E-state index in [9.17, 15) is 0 Å². The molecule has 4 nitrogen and oxygen atoms in total. The first-order chi connectivity index (χ1) is 13.4. The molecule has 2 heterocycles. The van der Waals surface area contributed by atoms with Gasteiger partial charge in [-0.3, -0.25) is 4.57 Å². The minimum atomic E-state index is 0.757. The lowest BCUT2D eigenvalue weighted by atomic mass is 9.96. The molecule has 0 bridgehead atoms. The molecule has 2 aromatic heterocycles. The van der Waals surface area contributed by atoms with Crippen LogP contribution < -0.4 is 5.32 Å². The molecule has 0 fully saturated rings. The van der Waals surface area contributed by atoms with Gasteiger partial charge in [0.2, 0.25) is 5.95 Å². The van der Waals surface area contributed by atoms with Gasteiger partial charge in [-0.25, -0.2) is 4.98 Å². The fourth-order valence-corrected chi connectivity index (χ4v) is 3.87. The maximum atomic E-state index is 4.93. The van der Waals surface area contributed by atoms with Gasteiger partial charge in [0, 0.05) is 23.7 Å². The highest BCUT2D eigenvalue weighted by Gasteiger charge is 2.19. The van der Waals surface area contributed by atoms with Crippen molar-refractivity contribution < 1.29 is 0 Å². The third kappa shape index (κ3) is 3.08. The maximum Gasteiger partial charge on any atom is 0.236 e. The summed E-state index contributed by atoms with van der Waals surface area (Å²) in [5.74, 6) is 1.74. The number of aromatic nitrogens is 3. The van der Waals surface area contributed by atoms with E-state index in [1.807, 2.05) is 6.07 Å². The molecule has 0 amide bonds. The van der Waals surface area contributed by atoms with Gasteiger partial charge in [-0.1, -0.05) is 48.5 Å². The molecule has 0 saturated carbocycles. The van der Waals surface area contributed by atoms with Crippen LogP contribution in [-0.4, -0.2) is 14.5 Å². The van der Waals surface area contributed by atoms with Gasteiger partial charge < -0.3 is 5.32 Å². The Bertz CT molecular complexity index is 1080. The summed E-state index contributed by atoms with van der Waals surface area (Å²) in [6, 6.07) is 21.0. The summed E-state index contributed by atoms with van der Waals surface area (Å²) in [6.07, 6.45) is 6.57. The van der Waals surface area contributed by atoms with Crippen LogP contribution in [0.5, 0.6) is 0 Å². The third-order valence-corrected chi connectivity index (χ3v) is 5.29. The second-order valence-electron chi connectivity index (χ2n) is 7.09. The van der Waals surface area contributed by atoms with Crippen molar-refractivity contribution in [2.75, 3.05) is 5.32 Å². The minimum Gasteiger partial charge on any atom is -0.366 e. The zero-order valence-corrected chi connectivity index (χ0v) is 15.2. The van der Waals surface area contributed by atoms with Gasteiger partial charge in [0.1, 0.15) is 5.82 Å². The zero-order chi connectivity index (χ0) is 18.1. The van der Waals surface area contributed by atoms with Crippen molar-refractivity contribution in [3.63, 3.8) is 0 Å². The number of nitrogens with zero attached hydrogens (tertiary/aromatic N) is 3. The Morgan fingerprint density at radius 2 is 1.67 bits per heavy atom. The molecule has 5 rings (SSSR count). The summed E-state index contributed by atoms with van der Waals surface area (Å²) in [6.45, 7) is 0.774. The van der Waals surface area contributed by atoms with Crippen LogP contribution in [-0.2, 0) is 19.4 Å². The normalized spacial score (nSPS) is 13.5. The van der Waals surface area contributed by atoms with Crippen molar-refractivity contribution in [1.29, 1.82) is 0 Å².